The van der Waals surface area contributed by atoms with E-state index in [4.69, 9.17) is 0 Å². The Kier molecular flexibility index (Phi) is 3.24. The first-order valence-electron chi connectivity index (χ1n) is 4.63. The van der Waals surface area contributed by atoms with E-state index in [1.165, 1.54) is 17.8 Å². The molecule has 0 aliphatic rings. The summed E-state index contributed by atoms with van der Waals surface area (Å²) in [6.45, 7) is 0. The van der Waals surface area contributed by atoms with Crippen molar-refractivity contribution in [2.75, 3.05) is 11.6 Å². The van der Waals surface area contributed by atoms with Crippen molar-refractivity contribution >= 4 is 23.6 Å². The molecule has 1 heterocycles. The number of tetrazole rings is 1. The standard InChI is InChI=1S/C9H9N5O2S/c1-17-6-4-2-3-5(7(6)15)8(16)10-9-11-13-14-12-9/h2-4,15H,1H3,(H2,10,11,12,13,14,16). The molecule has 0 unspecified atom stereocenters. The van der Waals surface area contributed by atoms with Crippen LogP contribution in [0, 0.1) is 0 Å². The summed E-state index contributed by atoms with van der Waals surface area (Å²) < 4.78 is 0. The summed E-state index contributed by atoms with van der Waals surface area (Å²) in [7, 11) is 0. The predicted molar refractivity (Wildman–Crippen MR) is 62.0 cm³/mol. The largest absolute Gasteiger partial charge is 0.506 e. The predicted octanol–water partition coefficient (Wildman–Crippen LogP) is 0.879. The maximum Gasteiger partial charge on any atom is 0.261 e. The molecule has 0 aliphatic heterocycles. The zero-order chi connectivity index (χ0) is 12.3. The van der Waals surface area contributed by atoms with Gasteiger partial charge in [0.25, 0.3) is 5.91 Å². The molecule has 2 rings (SSSR count). The highest BCUT2D eigenvalue weighted by atomic mass is 32.2. The van der Waals surface area contributed by atoms with Crippen molar-refractivity contribution in [2.45, 2.75) is 4.90 Å². The molecule has 0 spiro atoms. The van der Waals surface area contributed by atoms with Crippen LogP contribution >= 0.6 is 11.8 Å². The summed E-state index contributed by atoms with van der Waals surface area (Å²) in [5, 5.41) is 24.8. The van der Waals surface area contributed by atoms with Gasteiger partial charge in [0.05, 0.1) is 5.56 Å². The SMILES string of the molecule is CSc1cccc(C(=O)Nc2nnn[nH]2)c1O. The molecule has 8 heteroatoms. The number of phenolic OH excluding ortho intramolecular Hbond substituents is 1. The first kappa shape index (κ1) is 11.4. The van der Waals surface area contributed by atoms with Crippen molar-refractivity contribution in [2.24, 2.45) is 0 Å². The molecule has 88 valence electrons. The second kappa shape index (κ2) is 4.83. The second-order valence-electron chi connectivity index (χ2n) is 3.06. The average molecular weight is 251 g/mol. The number of amides is 1. The Bertz CT molecular complexity index is 528. The van der Waals surface area contributed by atoms with E-state index in [2.05, 4.69) is 25.9 Å². The normalized spacial score (nSPS) is 10.2. The summed E-state index contributed by atoms with van der Waals surface area (Å²) in [5.41, 5.74) is 0.174. The molecule has 0 saturated heterocycles. The van der Waals surface area contributed by atoms with Crippen LogP contribution in [-0.2, 0) is 0 Å². The highest BCUT2D eigenvalue weighted by Crippen LogP contribution is 2.29. The maximum atomic E-state index is 11.8. The van der Waals surface area contributed by atoms with Gasteiger partial charge in [0.2, 0.25) is 5.95 Å². The molecule has 1 amide bonds. The van der Waals surface area contributed by atoms with Crippen LogP contribution in [0.5, 0.6) is 5.75 Å². The quantitative estimate of drug-likeness (QED) is 0.699. The third-order valence-electron chi connectivity index (χ3n) is 2.04. The lowest BCUT2D eigenvalue weighted by molar-refractivity contribution is 0.102. The van der Waals surface area contributed by atoms with E-state index in [-0.39, 0.29) is 17.3 Å². The number of anilines is 1. The number of phenols is 1. The van der Waals surface area contributed by atoms with Gasteiger partial charge < -0.3 is 5.11 Å². The number of nitrogens with zero attached hydrogens (tertiary/aromatic N) is 3. The first-order valence-corrected chi connectivity index (χ1v) is 5.86. The Labute approximate surface area is 101 Å². The number of rotatable bonds is 3. The van der Waals surface area contributed by atoms with Gasteiger partial charge in [-0.05, 0) is 28.8 Å². The molecular weight excluding hydrogens is 242 g/mol. The smallest absolute Gasteiger partial charge is 0.261 e. The Hall–Kier alpha value is -2.09. The molecule has 0 bridgehead atoms. The van der Waals surface area contributed by atoms with Crippen molar-refractivity contribution in [3.05, 3.63) is 23.8 Å². The topological polar surface area (TPSA) is 104 Å². The van der Waals surface area contributed by atoms with Crippen LogP contribution in [0.3, 0.4) is 0 Å². The molecule has 3 N–H and O–H groups in total. The number of para-hydroxylation sites is 1. The van der Waals surface area contributed by atoms with Gasteiger partial charge in [-0.3, -0.25) is 10.1 Å². The number of aromatic nitrogens is 4. The Morgan fingerprint density at radius 1 is 1.53 bits per heavy atom. The van der Waals surface area contributed by atoms with Crippen molar-refractivity contribution < 1.29 is 9.90 Å². The van der Waals surface area contributed by atoms with E-state index in [1.807, 2.05) is 6.26 Å². The first-order chi connectivity index (χ1) is 8.22. The monoisotopic (exact) mass is 251 g/mol. The van der Waals surface area contributed by atoms with Gasteiger partial charge in [-0.2, -0.15) is 0 Å². The van der Waals surface area contributed by atoms with Crippen molar-refractivity contribution in [3.8, 4) is 5.75 Å². The van der Waals surface area contributed by atoms with Crippen LogP contribution in [0.4, 0.5) is 5.95 Å². The highest BCUT2D eigenvalue weighted by molar-refractivity contribution is 7.98. The maximum absolute atomic E-state index is 11.8. The van der Waals surface area contributed by atoms with Gasteiger partial charge in [0.1, 0.15) is 5.75 Å². The van der Waals surface area contributed by atoms with E-state index in [9.17, 15) is 9.90 Å². The number of carbonyl (C=O) groups excluding carboxylic acids is 1. The lowest BCUT2D eigenvalue weighted by Crippen LogP contribution is -2.13. The van der Waals surface area contributed by atoms with E-state index in [0.717, 1.165) is 0 Å². The zero-order valence-electron chi connectivity index (χ0n) is 8.84. The molecule has 0 atom stereocenters. The highest BCUT2D eigenvalue weighted by Gasteiger charge is 2.14. The molecule has 1 aromatic carbocycles. The van der Waals surface area contributed by atoms with Gasteiger partial charge in [-0.25, -0.2) is 5.10 Å². The Balaban J connectivity index is 2.25. The summed E-state index contributed by atoms with van der Waals surface area (Å²) in [4.78, 5) is 12.4. The van der Waals surface area contributed by atoms with Gasteiger partial charge in [-0.1, -0.05) is 11.2 Å². The third kappa shape index (κ3) is 2.36. The number of carbonyl (C=O) groups is 1. The fraction of sp³-hybridized carbons (Fsp3) is 0.111. The van der Waals surface area contributed by atoms with Crippen molar-refractivity contribution in [1.29, 1.82) is 0 Å². The zero-order valence-corrected chi connectivity index (χ0v) is 9.65. The summed E-state index contributed by atoms with van der Waals surface area (Å²) in [5.74, 6) is -0.397. The van der Waals surface area contributed by atoms with Crippen LogP contribution in [0.25, 0.3) is 0 Å². The minimum Gasteiger partial charge on any atom is -0.506 e. The number of thioether (sulfide) groups is 1. The number of hydrogen-bond donors (Lipinski definition) is 3. The molecule has 0 radical (unpaired) electrons. The average Bonchev–Trinajstić information content (AvgIpc) is 2.82. The van der Waals surface area contributed by atoms with Gasteiger partial charge in [-0.15, -0.1) is 11.8 Å². The number of aromatic amines is 1. The minimum atomic E-state index is -0.475. The molecule has 2 aromatic rings. The fourth-order valence-corrected chi connectivity index (χ4v) is 1.78. The van der Waals surface area contributed by atoms with Crippen molar-refractivity contribution in [3.63, 3.8) is 0 Å². The van der Waals surface area contributed by atoms with E-state index < -0.39 is 5.91 Å². The number of benzene rings is 1. The van der Waals surface area contributed by atoms with E-state index in [0.29, 0.717) is 4.90 Å². The fourth-order valence-electron chi connectivity index (χ4n) is 1.26. The molecule has 0 aliphatic carbocycles. The molecule has 0 fully saturated rings. The molecule has 1 aromatic heterocycles. The van der Waals surface area contributed by atoms with Gasteiger partial charge in [0.15, 0.2) is 0 Å². The van der Waals surface area contributed by atoms with Crippen LogP contribution in [-0.4, -0.2) is 37.9 Å². The third-order valence-corrected chi connectivity index (χ3v) is 2.81. The van der Waals surface area contributed by atoms with E-state index >= 15 is 0 Å². The molecule has 17 heavy (non-hydrogen) atoms. The van der Waals surface area contributed by atoms with Crippen LogP contribution in [0.2, 0.25) is 0 Å². The number of H-pyrrole nitrogens is 1. The lowest BCUT2D eigenvalue weighted by Gasteiger charge is -2.06. The Morgan fingerprint density at radius 3 is 3.00 bits per heavy atom. The van der Waals surface area contributed by atoms with Crippen molar-refractivity contribution in [1.82, 2.24) is 20.6 Å². The van der Waals surface area contributed by atoms with Crippen LogP contribution in [0.1, 0.15) is 10.4 Å². The molecule has 7 nitrogen and oxygen atoms in total. The summed E-state index contributed by atoms with van der Waals surface area (Å²) in [6.07, 6.45) is 1.82. The van der Waals surface area contributed by atoms with Gasteiger partial charge in [0, 0.05) is 4.90 Å². The van der Waals surface area contributed by atoms with Crippen LogP contribution < -0.4 is 5.32 Å². The summed E-state index contributed by atoms with van der Waals surface area (Å²) in [6, 6.07) is 4.94. The number of nitrogens with one attached hydrogen (secondary N) is 2. The molecule has 0 saturated carbocycles. The summed E-state index contributed by atoms with van der Waals surface area (Å²) >= 11 is 1.36. The minimum absolute atomic E-state index is 0.0509. The van der Waals surface area contributed by atoms with Gasteiger partial charge >= 0.3 is 0 Å². The molecular formula is C9H9N5O2S. The Morgan fingerprint density at radius 2 is 2.35 bits per heavy atom. The lowest BCUT2D eigenvalue weighted by atomic mass is 10.2. The number of hydrogen-bond acceptors (Lipinski definition) is 6. The van der Waals surface area contributed by atoms with E-state index in [1.54, 1.807) is 12.1 Å². The second-order valence-corrected chi connectivity index (χ2v) is 3.91. The number of aromatic hydroxyl groups is 1. The van der Waals surface area contributed by atoms with Crippen LogP contribution in [0.15, 0.2) is 23.1 Å².